The Morgan fingerprint density at radius 3 is 2.64 bits per heavy atom. The number of piperazine rings is 1. The number of halogens is 1. The lowest BCUT2D eigenvalue weighted by molar-refractivity contribution is -0.152. The third-order valence-corrected chi connectivity index (χ3v) is 6.28. The van der Waals surface area contributed by atoms with Crippen LogP contribution < -0.4 is 15.4 Å². The van der Waals surface area contributed by atoms with Gasteiger partial charge in [-0.05, 0) is 48.6 Å². The molecule has 2 heterocycles. The molecule has 2 aromatic rings. The first-order valence-corrected chi connectivity index (χ1v) is 12.7. The minimum atomic E-state index is -0.919. The van der Waals surface area contributed by atoms with E-state index in [0.717, 1.165) is 0 Å². The molecule has 3 N–H and O–H groups in total. The number of anilines is 2. The van der Waals surface area contributed by atoms with Gasteiger partial charge >= 0.3 is 12.0 Å². The third-order valence-electron chi connectivity index (χ3n) is 6.28. The average Bonchev–Trinajstić information content (AvgIpc) is 2.87. The Bertz CT molecular complexity index is 1210. The Kier molecular flexibility index (Phi) is 10.2. The summed E-state index contributed by atoms with van der Waals surface area (Å²) in [5.41, 5.74) is 0.316. The van der Waals surface area contributed by atoms with Crippen molar-refractivity contribution in [2.45, 2.75) is 45.6 Å². The second kappa shape index (κ2) is 13.5. The van der Waals surface area contributed by atoms with E-state index in [1.165, 1.54) is 30.3 Å². The van der Waals surface area contributed by atoms with Crippen LogP contribution in [0.2, 0.25) is 0 Å². The second-order valence-electron chi connectivity index (χ2n) is 9.68. The summed E-state index contributed by atoms with van der Waals surface area (Å²) in [5, 5.41) is 13.8. The number of methoxy groups -OCH3 is 1. The number of hydrogen-bond acceptors (Lipinski definition) is 6. The molecular formula is C27H34FN5O6. The first kappa shape index (κ1) is 29.3. The van der Waals surface area contributed by atoms with Gasteiger partial charge in [-0.2, -0.15) is 0 Å². The molecule has 0 saturated carbocycles. The van der Waals surface area contributed by atoms with Crippen LogP contribution in [0.4, 0.5) is 20.7 Å². The lowest BCUT2D eigenvalue weighted by Gasteiger charge is -2.41. The molecule has 0 aliphatic carbocycles. The molecule has 1 aliphatic heterocycles. The van der Waals surface area contributed by atoms with Crippen LogP contribution in [0.1, 0.15) is 38.7 Å². The van der Waals surface area contributed by atoms with Gasteiger partial charge in [-0.25, -0.2) is 14.2 Å². The molecule has 0 spiro atoms. The number of benzene rings is 1. The molecule has 1 atom stereocenters. The van der Waals surface area contributed by atoms with Crippen molar-refractivity contribution in [1.29, 1.82) is 0 Å². The molecule has 1 aliphatic rings. The highest BCUT2D eigenvalue weighted by Crippen LogP contribution is 2.23. The van der Waals surface area contributed by atoms with Crippen molar-refractivity contribution >= 4 is 35.3 Å². The second-order valence-corrected chi connectivity index (χ2v) is 9.68. The van der Waals surface area contributed by atoms with Gasteiger partial charge < -0.3 is 25.0 Å². The maximum absolute atomic E-state index is 14.8. The molecule has 1 unspecified atom stereocenters. The fourth-order valence-electron chi connectivity index (χ4n) is 4.41. The highest BCUT2D eigenvalue weighted by Gasteiger charge is 2.37. The number of pyridine rings is 1. The molecule has 39 heavy (non-hydrogen) atoms. The zero-order valence-corrected chi connectivity index (χ0v) is 22.3. The highest BCUT2D eigenvalue weighted by atomic mass is 19.1. The summed E-state index contributed by atoms with van der Waals surface area (Å²) in [4.78, 5) is 56.7. The van der Waals surface area contributed by atoms with Crippen LogP contribution in [-0.4, -0.2) is 76.5 Å². The fraction of sp³-hybridized carbons (Fsp3) is 0.444. The van der Waals surface area contributed by atoms with Gasteiger partial charge in [-0.15, -0.1) is 0 Å². The minimum Gasteiger partial charge on any atom is -0.493 e. The molecule has 12 heteroatoms. The van der Waals surface area contributed by atoms with Crippen molar-refractivity contribution in [2.75, 3.05) is 37.4 Å². The number of carboxylic acid groups (broad SMARTS) is 1. The largest absolute Gasteiger partial charge is 0.493 e. The number of rotatable bonds is 11. The van der Waals surface area contributed by atoms with E-state index in [4.69, 9.17) is 9.84 Å². The predicted molar refractivity (Wildman–Crippen MR) is 142 cm³/mol. The van der Waals surface area contributed by atoms with E-state index in [0.29, 0.717) is 43.8 Å². The van der Waals surface area contributed by atoms with Gasteiger partial charge in [0.05, 0.1) is 19.2 Å². The number of nitrogens with one attached hydrogen (secondary N) is 2. The van der Waals surface area contributed by atoms with Gasteiger partial charge in [-0.1, -0.05) is 19.9 Å². The number of aliphatic carboxylic acids is 1. The Labute approximate surface area is 226 Å². The fourth-order valence-corrected chi connectivity index (χ4v) is 4.41. The standard InChI is InChI=1S/C27H34FN5O6/c1-17(2)14-21-26(37)32(11-5-7-24(35)36)12-13-33(21)23(34)16-18-8-9-20(19(28)15-18)30-27(38)31-25-22(39-3)6-4-10-29-25/h4,6,8-10,15,17,21H,5,7,11-14,16H2,1-3H3,(H,35,36)(H2,29,30,31,38). The van der Waals surface area contributed by atoms with E-state index >= 15 is 0 Å². The van der Waals surface area contributed by atoms with E-state index in [9.17, 15) is 23.6 Å². The Morgan fingerprint density at radius 2 is 1.97 bits per heavy atom. The van der Waals surface area contributed by atoms with Crippen LogP contribution in [0.3, 0.4) is 0 Å². The predicted octanol–water partition coefficient (Wildman–Crippen LogP) is 3.37. The van der Waals surface area contributed by atoms with Crippen LogP contribution in [0.15, 0.2) is 36.5 Å². The molecule has 0 radical (unpaired) electrons. The topological polar surface area (TPSA) is 141 Å². The number of nitrogens with zero attached hydrogens (tertiary/aromatic N) is 3. The molecule has 0 bridgehead atoms. The van der Waals surface area contributed by atoms with Gasteiger partial charge in [0, 0.05) is 32.3 Å². The van der Waals surface area contributed by atoms with Crippen LogP contribution in [-0.2, 0) is 20.8 Å². The van der Waals surface area contributed by atoms with Crippen molar-refractivity contribution < 1.29 is 33.4 Å². The summed E-state index contributed by atoms with van der Waals surface area (Å²) in [6, 6.07) is 5.97. The lowest BCUT2D eigenvalue weighted by atomic mass is 9.98. The molecule has 1 aromatic heterocycles. The quantitative estimate of drug-likeness (QED) is 0.395. The Morgan fingerprint density at radius 1 is 1.21 bits per heavy atom. The number of hydrogen-bond donors (Lipinski definition) is 3. The molecule has 1 saturated heterocycles. The monoisotopic (exact) mass is 543 g/mol. The minimum absolute atomic E-state index is 0.0311. The van der Waals surface area contributed by atoms with E-state index in [-0.39, 0.29) is 42.1 Å². The molecular weight excluding hydrogens is 509 g/mol. The summed E-state index contributed by atoms with van der Waals surface area (Å²) in [7, 11) is 1.43. The number of urea groups is 1. The molecule has 1 aromatic carbocycles. The van der Waals surface area contributed by atoms with E-state index in [2.05, 4.69) is 15.6 Å². The highest BCUT2D eigenvalue weighted by molar-refractivity contribution is 6.00. The number of ether oxygens (including phenoxy) is 1. The number of carbonyl (C=O) groups is 4. The molecule has 11 nitrogen and oxygen atoms in total. The summed E-state index contributed by atoms with van der Waals surface area (Å²) in [6.45, 7) is 4.86. The van der Waals surface area contributed by atoms with Gasteiger partial charge in [0.15, 0.2) is 11.6 Å². The molecule has 3 rings (SSSR count). The Balaban J connectivity index is 1.64. The van der Waals surface area contributed by atoms with E-state index < -0.39 is 23.9 Å². The first-order chi connectivity index (χ1) is 18.6. The zero-order valence-electron chi connectivity index (χ0n) is 22.3. The summed E-state index contributed by atoms with van der Waals surface area (Å²) >= 11 is 0. The zero-order chi connectivity index (χ0) is 28.5. The number of amides is 4. The molecule has 1 fully saturated rings. The smallest absolute Gasteiger partial charge is 0.325 e. The molecule has 4 amide bonds. The van der Waals surface area contributed by atoms with Crippen LogP contribution in [0.25, 0.3) is 0 Å². The summed E-state index contributed by atoms with van der Waals surface area (Å²) < 4.78 is 19.9. The number of carboxylic acids is 1. The van der Waals surface area contributed by atoms with Crippen molar-refractivity contribution in [3.8, 4) is 5.75 Å². The maximum Gasteiger partial charge on any atom is 0.325 e. The van der Waals surface area contributed by atoms with Crippen LogP contribution >= 0.6 is 0 Å². The van der Waals surface area contributed by atoms with Crippen LogP contribution in [0, 0.1) is 11.7 Å². The number of carbonyl (C=O) groups excluding carboxylic acids is 3. The summed E-state index contributed by atoms with van der Waals surface area (Å²) in [6.07, 6.45) is 2.14. The van der Waals surface area contributed by atoms with Crippen molar-refractivity contribution in [3.63, 3.8) is 0 Å². The third kappa shape index (κ3) is 8.13. The SMILES string of the molecule is COc1cccnc1NC(=O)Nc1ccc(CC(=O)N2CCN(CCCC(=O)O)C(=O)C2CC(C)C)cc1F. The average molecular weight is 544 g/mol. The normalized spacial score (nSPS) is 15.3. The van der Waals surface area contributed by atoms with E-state index in [1.807, 2.05) is 13.8 Å². The Hall–Kier alpha value is -4.22. The van der Waals surface area contributed by atoms with Gasteiger partial charge in [0.25, 0.3) is 0 Å². The van der Waals surface area contributed by atoms with Gasteiger partial charge in [0.1, 0.15) is 11.9 Å². The number of aromatic nitrogens is 1. The van der Waals surface area contributed by atoms with Crippen molar-refractivity contribution in [1.82, 2.24) is 14.8 Å². The molecule has 210 valence electrons. The first-order valence-electron chi connectivity index (χ1n) is 12.7. The summed E-state index contributed by atoms with van der Waals surface area (Å²) in [5.74, 6) is -1.48. The van der Waals surface area contributed by atoms with Gasteiger partial charge in [-0.3, -0.25) is 19.7 Å². The van der Waals surface area contributed by atoms with Gasteiger partial charge in [0.2, 0.25) is 11.8 Å². The lowest BCUT2D eigenvalue weighted by Crippen LogP contribution is -2.59. The van der Waals surface area contributed by atoms with E-state index in [1.54, 1.807) is 23.1 Å². The maximum atomic E-state index is 14.8. The van der Waals surface area contributed by atoms with Crippen molar-refractivity contribution in [2.24, 2.45) is 5.92 Å². The van der Waals surface area contributed by atoms with Crippen molar-refractivity contribution in [3.05, 3.63) is 47.9 Å². The van der Waals surface area contributed by atoms with Crippen LogP contribution in [0.5, 0.6) is 5.75 Å².